The lowest BCUT2D eigenvalue weighted by atomic mass is 10.1. The molecule has 0 atom stereocenters. The number of hydrogen-bond acceptors (Lipinski definition) is 5. The van der Waals surface area contributed by atoms with Gasteiger partial charge in [-0.05, 0) is 30.5 Å². The molecular formula is C18H21ClN4O3. The highest BCUT2D eigenvalue weighted by molar-refractivity contribution is 6.32. The summed E-state index contributed by atoms with van der Waals surface area (Å²) in [6.45, 7) is 2.27. The van der Waals surface area contributed by atoms with Gasteiger partial charge in [0.25, 0.3) is 0 Å². The minimum atomic E-state index is -0.0938. The molecule has 0 bridgehead atoms. The molecule has 8 heteroatoms. The summed E-state index contributed by atoms with van der Waals surface area (Å²) in [4.78, 5) is 12.3. The van der Waals surface area contributed by atoms with Crippen LogP contribution in [0.4, 0.5) is 0 Å². The molecule has 3 heterocycles. The van der Waals surface area contributed by atoms with E-state index in [9.17, 15) is 4.79 Å². The van der Waals surface area contributed by atoms with Gasteiger partial charge in [-0.3, -0.25) is 4.79 Å². The van der Waals surface area contributed by atoms with Crippen LogP contribution in [0.2, 0.25) is 5.02 Å². The van der Waals surface area contributed by atoms with Crippen LogP contribution in [0.25, 0.3) is 0 Å². The van der Waals surface area contributed by atoms with Gasteiger partial charge in [0, 0.05) is 13.0 Å². The smallest absolute Gasteiger partial charge is 0.224 e. The van der Waals surface area contributed by atoms with E-state index in [1.165, 1.54) is 6.42 Å². The number of halogens is 1. The summed E-state index contributed by atoms with van der Waals surface area (Å²) in [5, 5.41) is 11.9. The fourth-order valence-corrected chi connectivity index (χ4v) is 3.66. The molecule has 1 aromatic heterocycles. The second-order valence-corrected chi connectivity index (χ2v) is 6.96. The Morgan fingerprint density at radius 2 is 2.08 bits per heavy atom. The van der Waals surface area contributed by atoms with Crippen molar-refractivity contribution in [3.05, 3.63) is 34.4 Å². The maximum absolute atomic E-state index is 12.3. The van der Waals surface area contributed by atoms with Gasteiger partial charge in [0.05, 0.1) is 18.0 Å². The van der Waals surface area contributed by atoms with Crippen molar-refractivity contribution < 1.29 is 14.3 Å². The lowest BCUT2D eigenvalue weighted by Gasteiger charge is -2.20. The monoisotopic (exact) mass is 376 g/mol. The second-order valence-electron chi connectivity index (χ2n) is 6.55. The molecule has 4 rings (SSSR count). The quantitative estimate of drug-likeness (QED) is 0.885. The zero-order valence-corrected chi connectivity index (χ0v) is 15.2. The zero-order valence-electron chi connectivity index (χ0n) is 14.5. The predicted molar refractivity (Wildman–Crippen MR) is 95.6 cm³/mol. The number of aryl methyl sites for hydroxylation is 1. The van der Waals surface area contributed by atoms with E-state index in [1.807, 2.05) is 6.07 Å². The van der Waals surface area contributed by atoms with Crippen LogP contribution in [-0.4, -0.2) is 33.9 Å². The van der Waals surface area contributed by atoms with Crippen molar-refractivity contribution in [3.63, 3.8) is 0 Å². The molecule has 26 heavy (non-hydrogen) atoms. The number of benzene rings is 1. The van der Waals surface area contributed by atoms with Crippen molar-refractivity contribution in [2.45, 2.75) is 45.2 Å². The predicted octanol–water partition coefficient (Wildman–Crippen LogP) is 2.29. The number of carbonyl (C=O) groups is 1. The molecule has 0 aliphatic carbocycles. The van der Waals surface area contributed by atoms with Gasteiger partial charge in [-0.25, -0.2) is 0 Å². The van der Waals surface area contributed by atoms with Crippen molar-refractivity contribution in [2.75, 3.05) is 13.2 Å². The van der Waals surface area contributed by atoms with Crippen LogP contribution in [-0.2, 0) is 30.7 Å². The highest BCUT2D eigenvalue weighted by Gasteiger charge is 2.18. The van der Waals surface area contributed by atoms with Crippen LogP contribution in [0.1, 0.15) is 36.5 Å². The van der Waals surface area contributed by atoms with Crippen LogP contribution in [0.3, 0.4) is 0 Å². The largest absolute Gasteiger partial charge is 0.486 e. The molecule has 0 radical (unpaired) electrons. The van der Waals surface area contributed by atoms with E-state index in [0.717, 1.165) is 43.0 Å². The van der Waals surface area contributed by atoms with Crippen LogP contribution >= 0.6 is 11.6 Å². The van der Waals surface area contributed by atoms with Crippen molar-refractivity contribution in [2.24, 2.45) is 0 Å². The first kappa shape index (κ1) is 17.1. The van der Waals surface area contributed by atoms with Gasteiger partial charge < -0.3 is 19.4 Å². The van der Waals surface area contributed by atoms with E-state index < -0.39 is 0 Å². The normalized spacial score (nSPS) is 15.9. The molecule has 1 amide bonds. The Labute approximate surface area is 156 Å². The van der Waals surface area contributed by atoms with Gasteiger partial charge in [-0.15, -0.1) is 10.2 Å². The maximum Gasteiger partial charge on any atom is 0.224 e. The van der Waals surface area contributed by atoms with Gasteiger partial charge in [-0.1, -0.05) is 18.0 Å². The molecule has 2 aliphatic heterocycles. The third-order valence-electron chi connectivity index (χ3n) is 4.65. The van der Waals surface area contributed by atoms with Crippen molar-refractivity contribution >= 4 is 17.5 Å². The average Bonchev–Trinajstić information content (AvgIpc) is 2.86. The minimum absolute atomic E-state index is 0.0938. The number of carbonyl (C=O) groups excluding carboxylic acids is 1. The Balaban J connectivity index is 1.39. The first-order valence-corrected chi connectivity index (χ1v) is 9.34. The highest BCUT2D eigenvalue weighted by atomic mass is 35.5. The summed E-state index contributed by atoms with van der Waals surface area (Å²) in [6, 6.07) is 3.56. The Bertz CT molecular complexity index is 821. The number of amides is 1. The molecule has 1 aromatic carbocycles. The van der Waals surface area contributed by atoms with Crippen molar-refractivity contribution in [3.8, 4) is 11.5 Å². The van der Waals surface area contributed by atoms with Crippen molar-refractivity contribution in [1.29, 1.82) is 0 Å². The lowest BCUT2D eigenvalue weighted by Crippen LogP contribution is -2.26. The number of ether oxygens (including phenoxy) is 2. The molecule has 138 valence electrons. The lowest BCUT2D eigenvalue weighted by molar-refractivity contribution is -0.120. The number of aromatic nitrogens is 3. The van der Waals surface area contributed by atoms with Crippen LogP contribution in [0.15, 0.2) is 12.1 Å². The third kappa shape index (κ3) is 3.62. The molecule has 1 N–H and O–H groups in total. The van der Waals surface area contributed by atoms with Gasteiger partial charge in [0.1, 0.15) is 19.0 Å². The van der Waals surface area contributed by atoms with E-state index in [0.29, 0.717) is 36.3 Å². The molecule has 2 aliphatic rings. The second kappa shape index (κ2) is 7.53. The summed E-state index contributed by atoms with van der Waals surface area (Å²) in [5.41, 5.74) is 0.789. The van der Waals surface area contributed by atoms with Crippen LogP contribution in [0.5, 0.6) is 11.5 Å². The summed E-state index contributed by atoms with van der Waals surface area (Å²) in [7, 11) is 0. The van der Waals surface area contributed by atoms with E-state index in [-0.39, 0.29) is 12.3 Å². The van der Waals surface area contributed by atoms with Gasteiger partial charge in [-0.2, -0.15) is 0 Å². The summed E-state index contributed by atoms with van der Waals surface area (Å²) in [6.07, 6.45) is 4.66. The number of nitrogens with zero attached hydrogens (tertiary/aromatic N) is 3. The maximum atomic E-state index is 12.3. The average molecular weight is 377 g/mol. The van der Waals surface area contributed by atoms with E-state index in [2.05, 4.69) is 20.1 Å². The van der Waals surface area contributed by atoms with Gasteiger partial charge >= 0.3 is 0 Å². The molecule has 0 saturated heterocycles. The molecule has 0 spiro atoms. The van der Waals surface area contributed by atoms with E-state index >= 15 is 0 Å². The first-order valence-electron chi connectivity index (χ1n) is 8.96. The van der Waals surface area contributed by atoms with E-state index in [1.54, 1.807) is 6.07 Å². The zero-order chi connectivity index (χ0) is 17.9. The van der Waals surface area contributed by atoms with E-state index in [4.69, 9.17) is 21.1 Å². The van der Waals surface area contributed by atoms with Crippen molar-refractivity contribution in [1.82, 2.24) is 20.1 Å². The SMILES string of the molecule is O=C(Cc1cc(Cl)c2c(c1)OCCO2)NCc1nnc2n1CCCCC2. The van der Waals surface area contributed by atoms with Gasteiger partial charge in [0.2, 0.25) is 5.91 Å². The summed E-state index contributed by atoms with van der Waals surface area (Å²) in [5.74, 6) is 2.88. The molecule has 2 aromatic rings. The Hall–Kier alpha value is -2.28. The molecule has 7 nitrogen and oxygen atoms in total. The first-order chi connectivity index (χ1) is 12.7. The molecular weight excluding hydrogens is 356 g/mol. The number of nitrogens with one attached hydrogen (secondary N) is 1. The number of rotatable bonds is 4. The fourth-order valence-electron chi connectivity index (χ4n) is 3.37. The minimum Gasteiger partial charge on any atom is -0.486 e. The van der Waals surface area contributed by atoms with Gasteiger partial charge in [0.15, 0.2) is 17.3 Å². The standard InChI is InChI=1S/C18H21ClN4O3/c19-13-8-12(9-14-18(13)26-7-6-25-14)10-17(24)20-11-16-22-21-15-4-2-1-3-5-23(15)16/h8-9H,1-7,10-11H2,(H,20,24). The number of fused-ring (bicyclic) bond motifs is 2. The molecule has 0 saturated carbocycles. The van der Waals surface area contributed by atoms with Crippen LogP contribution < -0.4 is 14.8 Å². The topological polar surface area (TPSA) is 78.3 Å². The van der Waals surface area contributed by atoms with Crippen LogP contribution in [0, 0.1) is 0 Å². The Morgan fingerprint density at radius 1 is 1.19 bits per heavy atom. The Kier molecular flexibility index (Phi) is 4.97. The third-order valence-corrected chi connectivity index (χ3v) is 4.93. The number of hydrogen-bond donors (Lipinski definition) is 1. The highest BCUT2D eigenvalue weighted by Crippen LogP contribution is 2.38. The Morgan fingerprint density at radius 3 is 3.00 bits per heavy atom. The molecule has 0 fully saturated rings. The summed E-state index contributed by atoms with van der Waals surface area (Å²) < 4.78 is 13.2. The molecule has 0 unspecified atom stereocenters. The fraction of sp³-hybridized carbons (Fsp3) is 0.500. The summed E-state index contributed by atoms with van der Waals surface area (Å²) >= 11 is 6.23.